The largest absolute Gasteiger partial charge is 0.350 e. The van der Waals surface area contributed by atoms with Crippen LogP contribution in [-0.4, -0.2) is 49.5 Å². The number of amides is 2. The van der Waals surface area contributed by atoms with Gasteiger partial charge in [-0.15, -0.1) is 0 Å². The Balaban J connectivity index is 2.40. The first-order valence-electron chi connectivity index (χ1n) is 10.3. The molecule has 0 unspecified atom stereocenters. The van der Waals surface area contributed by atoms with Crippen LogP contribution in [0.3, 0.4) is 0 Å². The molecule has 33 heavy (non-hydrogen) atoms. The molecule has 180 valence electrons. The molecule has 0 bridgehead atoms. The minimum absolute atomic E-state index is 0.0425. The number of hydrogen-bond donors (Lipinski definition) is 1. The number of hydrogen-bond acceptors (Lipinski definition) is 4. The molecule has 0 aliphatic carbocycles. The van der Waals surface area contributed by atoms with Gasteiger partial charge in [-0.3, -0.25) is 13.9 Å². The summed E-state index contributed by atoms with van der Waals surface area (Å²) in [5.74, 6) is -0.895. The van der Waals surface area contributed by atoms with Gasteiger partial charge < -0.3 is 10.2 Å². The summed E-state index contributed by atoms with van der Waals surface area (Å²) in [7, 11) is -3.76. The highest BCUT2D eigenvalue weighted by atomic mass is 35.5. The minimum atomic E-state index is -3.76. The lowest BCUT2D eigenvalue weighted by atomic mass is 10.1. The number of para-hydroxylation sites is 1. The van der Waals surface area contributed by atoms with Crippen LogP contribution in [0.1, 0.15) is 33.3 Å². The molecule has 0 aliphatic rings. The molecule has 0 heterocycles. The predicted octanol–water partition coefficient (Wildman–Crippen LogP) is 4.09. The molecule has 2 rings (SSSR count). The number of nitrogens with zero attached hydrogens (tertiary/aromatic N) is 2. The van der Waals surface area contributed by atoms with Crippen LogP contribution in [0.5, 0.6) is 0 Å². The number of carbonyl (C=O) groups is 2. The number of carbonyl (C=O) groups excluding carboxylic acids is 2. The van der Waals surface area contributed by atoms with Crippen molar-refractivity contribution >= 4 is 50.7 Å². The van der Waals surface area contributed by atoms with E-state index in [9.17, 15) is 18.0 Å². The van der Waals surface area contributed by atoms with Gasteiger partial charge in [0.2, 0.25) is 21.8 Å². The Morgan fingerprint density at radius 3 is 2.15 bits per heavy atom. The van der Waals surface area contributed by atoms with Crippen molar-refractivity contribution in [3.05, 3.63) is 64.1 Å². The first kappa shape index (κ1) is 27.0. The standard InChI is InChI=1S/C23H29Cl2N3O4S/c1-16(22(30)26-23(2,3)4)27(14-17-11-12-19(24)20(25)13-17)21(29)15-28(33(5,31)32)18-9-7-6-8-10-18/h6-13,16H,14-15H2,1-5H3,(H,26,30)/t16-/m1/s1. The predicted molar refractivity (Wildman–Crippen MR) is 133 cm³/mol. The van der Waals surface area contributed by atoms with E-state index in [1.54, 1.807) is 55.5 Å². The number of nitrogens with one attached hydrogen (secondary N) is 1. The fraction of sp³-hybridized carbons (Fsp3) is 0.391. The Morgan fingerprint density at radius 1 is 1.03 bits per heavy atom. The first-order valence-corrected chi connectivity index (χ1v) is 12.9. The van der Waals surface area contributed by atoms with Crippen LogP contribution >= 0.6 is 23.2 Å². The van der Waals surface area contributed by atoms with Gasteiger partial charge in [-0.2, -0.15) is 0 Å². The summed E-state index contributed by atoms with van der Waals surface area (Å²) in [5, 5.41) is 3.54. The van der Waals surface area contributed by atoms with E-state index in [1.165, 1.54) is 4.90 Å². The summed E-state index contributed by atoms with van der Waals surface area (Å²) in [6.07, 6.45) is 1.03. The van der Waals surface area contributed by atoms with Gasteiger partial charge >= 0.3 is 0 Å². The van der Waals surface area contributed by atoms with Gasteiger partial charge in [0.1, 0.15) is 12.6 Å². The summed E-state index contributed by atoms with van der Waals surface area (Å²) in [5.41, 5.74) is 0.500. The summed E-state index contributed by atoms with van der Waals surface area (Å²) in [4.78, 5) is 27.6. The molecule has 0 spiro atoms. The second kappa shape index (κ2) is 10.8. The van der Waals surface area contributed by atoms with E-state index >= 15 is 0 Å². The highest BCUT2D eigenvalue weighted by molar-refractivity contribution is 7.92. The molecular formula is C23H29Cl2N3O4S. The zero-order chi connectivity index (χ0) is 25.0. The topological polar surface area (TPSA) is 86.8 Å². The van der Waals surface area contributed by atoms with Gasteiger partial charge in [0.25, 0.3) is 0 Å². The van der Waals surface area contributed by atoms with Crippen LogP contribution in [0.25, 0.3) is 0 Å². The molecular weight excluding hydrogens is 485 g/mol. The summed E-state index contributed by atoms with van der Waals surface area (Å²) < 4.78 is 26.0. The lowest BCUT2D eigenvalue weighted by Crippen LogP contribution is -2.54. The van der Waals surface area contributed by atoms with E-state index in [1.807, 2.05) is 20.8 Å². The van der Waals surface area contributed by atoms with Gasteiger partial charge in [0.15, 0.2) is 0 Å². The monoisotopic (exact) mass is 513 g/mol. The molecule has 1 N–H and O–H groups in total. The highest BCUT2D eigenvalue weighted by Gasteiger charge is 2.31. The van der Waals surface area contributed by atoms with Crippen molar-refractivity contribution in [1.82, 2.24) is 10.2 Å². The van der Waals surface area contributed by atoms with Crippen molar-refractivity contribution in [3.63, 3.8) is 0 Å². The molecule has 0 radical (unpaired) electrons. The van der Waals surface area contributed by atoms with Crippen LogP contribution in [0.2, 0.25) is 10.0 Å². The molecule has 0 saturated heterocycles. The molecule has 0 aromatic heterocycles. The van der Waals surface area contributed by atoms with Crippen LogP contribution < -0.4 is 9.62 Å². The molecule has 2 amide bonds. The van der Waals surface area contributed by atoms with Gasteiger partial charge in [0.05, 0.1) is 22.0 Å². The van der Waals surface area contributed by atoms with E-state index in [4.69, 9.17) is 23.2 Å². The SMILES string of the molecule is C[C@H](C(=O)NC(C)(C)C)N(Cc1ccc(Cl)c(Cl)c1)C(=O)CN(c1ccccc1)S(C)(=O)=O. The molecule has 0 aliphatic heterocycles. The first-order chi connectivity index (χ1) is 15.2. The molecule has 2 aromatic rings. The van der Waals surface area contributed by atoms with Crippen LogP contribution in [0.15, 0.2) is 48.5 Å². The Labute approximate surface area is 205 Å². The number of benzene rings is 2. The lowest BCUT2D eigenvalue weighted by molar-refractivity contribution is -0.140. The molecule has 7 nitrogen and oxygen atoms in total. The minimum Gasteiger partial charge on any atom is -0.350 e. The third kappa shape index (κ3) is 7.91. The summed E-state index contributed by atoms with van der Waals surface area (Å²) in [6, 6.07) is 12.4. The van der Waals surface area contributed by atoms with Gasteiger partial charge in [0, 0.05) is 12.1 Å². The highest BCUT2D eigenvalue weighted by Crippen LogP contribution is 2.24. The van der Waals surface area contributed by atoms with Gasteiger partial charge in [-0.1, -0.05) is 47.5 Å². The average Bonchev–Trinajstić information content (AvgIpc) is 2.70. The molecule has 1 atom stereocenters. The van der Waals surface area contributed by atoms with Gasteiger partial charge in [-0.05, 0) is 57.5 Å². The summed E-state index contributed by atoms with van der Waals surface area (Å²) in [6.45, 7) is 6.69. The van der Waals surface area contributed by atoms with Crippen LogP contribution in [-0.2, 0) is 26.2 Å². The Kier molecular flexibility index (Phi) is 8.79. The van der Waals surface area contributed by atoms with Crippen molar-refractivity contribution in [2.75, 3.05) is 17.1 Å². The van der Waals surface area contributed by atoms with Crippen molar-refractivity contribution in [3.8, 4) is 0 Å². The quantitative estimate of drug-likeness (QED) is 0.575. The third-order valence-corrected chi connectivity index (χ3v) is 6.61. The Hall–Kier alpha value is -2.29. The van der Waals surface area contributed by atoms with Gasteiger partial charge in [-0.25, -0.2) is 8.42 Å². The smallest absolute Gasteiger partial charge is 0.244 e. The molecule has 0 fully saturated rings. The third-order valence-electron chi connectivity index (χ3n) is 4.73. The fourth-order valence-electron chi connectivity index (χ4n) is 3.10. The number of halogens is 2. The zero-order valence-corrected chi connectivity index (χ0v) is 21.6. The van der Waals surface area contributed by atoms with Crippen molar-refractivity contribution in [2.24, 2.45) is 0 Å². The maximum Gasteiger partial charge on any atom is 0.244 e. The molecule has 10 heteroatoms. The van der Waals surface area contributed by atoms with Crippen molar-refractivity contribution in [2.45, 2.75) is 45.8 Å². The number of anilines is 1. The van der Waals surface area contributed by atoms with E-state index in [-0.39, 0.29) is 12.5 Å². The zero-order valence-electron chi connectivity index (χ0n) is 19.3. The van der Waals surface area contributed by atoms with Crippen molar-refractivity contribution < 1.29 is 18.0 Å². The lowest BCUT2D eigenvalue weighted by Gasteiger charge is -2.33. The van der Waals surface area contributed by atoms with E-state index < -0.39 is 34.1 Å². The average molecular weight is 514 g/mol. The maximum atomic E-state index is 13.4. The maximum absolute atomic E-state index is 13.4. The molecule has 0 saturated carbocycles. The van der Waals surface area contributed by atoms with E-state index in [2.05, 4.69) is 5.32 Å². The normalized spacial score (nSPS) is 12.7. The summed E-state index contributed by atoms with van der Waals surface area (Å²) >= 11 is 12.1. The fourth-order valence-corrected chi connectivity index (χ4v) is 4.27. The Bertz CT molecular complexity index is 1100. The second-order valence-corrected chi connectivity index (χ2v) is 11.5. The van der Waals surface area contributed by atoms with Crippen LogP contribution in [0, 0.1) is 0 Å². The number of sulfonamides is 1. The van der Waals surface area contributed by atoms with E-state index in [0.29, 0.717) is 21.3 Å². The van der Waals surface area contributed by atoms with Crippen LogP contribution in [0.4, 0.5) is 5.69 Å². The van der Waals surface area contributed by atoms with Crippen molar-refractivity contribution in [1.29, 1.82) is 0 Å². The second-order valence-electron chi connectivity index (χ2n) is 8.79. The number of rotatable bonds is 8. The Morgan fingerprint density at radius 2 is 1.64 bits per heavy atom. The van der Waals surface area contributed by atoms with E-state index in [0.717, 1.165) is 10.6 Å². The molecule has 2 aromatic carbocycles.